The molecule has 1 aromatic carbocycles. The third-order valence-electron chi connectivity index (χ3n) is 5.29. The SMILES string of the molecule is CCOC(=O)[C@H]1/C(=N/O)C[C@](C)(O)[C@@H](C(=O)OCC)[C@@H]1c1ccc(OC)c(OC)c1. The topological polar surface area (TPSA) is 124 Å². The maximum absolute atomic E-state index is 12.9. The Morgan fingerprint density at radius 1 is 1.10 bits per heavy atom. The van der Waals surface area contributed by atoms with Crippen molar-refractivity contribution in [2.75, 3.05) is 27.4 Å². The Bertz CT molecular complexity index is 804. The third kappa shape index (κ3) is 4.51. The van der Waals surface area contributed by atoms with Crippen LogP contribution in [0.2, 0.25) is 0 Å². The van der Waals surface area contributed by atoms with Gasteiger partial charge in [-0.2, -0.15) is 0 Å². The van der Waals surface area contributed by atoms with Crippen LogP contribution in [0, 0.1) is 11.8 Å². The van der Waals surface area contributed by atoms with Gasteiger partial charge in [-0.05, 0) is 38.5 Å². The molecule has 2 N–H and O–H groups in total. The summed E-state index contributed by atoms with van der Waals surface area (Å²) in [6, 6.07) is 4.93. The first-order valence-electron chi connectivity index (χ1n) is 9.74. The summed E-state index contributed by atoms with van der Waals surface area (Å²) in [6.45, 7) is 4.97. The fraction of sp³-hybridized carbons (Fsp3) is 0.571. The van der Waals surface area contributed by atoms with Crippen molar-refractivity contribution < 1.29 is 38.9 Å². The molecule has 1 aliphatic carbocycles. The van der Waals surface area contributed by atoms with Crippen LogP contribution in [-0.4, -0.2) is 61.0 Å². The lowest BCUT2D eigenvalue weighted by molar-refractivity contribution is -0.163. The van der Waals surface area contributed by atoms with Gasteiger partial charge in [0.1, 0.15) is 5.92 Å². The van der Waals surface area contributed by atoms with Crippen molar-refractivity contribution in [1.29, 1.82) is 0 Å². The molecule has 0 aromatic heterocycles. The number of carbonyl (C=O) groups is 2. The van der Waals surface area contributed by atoms with Crippen LogP contribution in [0.5, 0.6) is 11.5 Å². The Hall–Kier alpha value is -2.81. The van der Waals surface area contributed by atoms with Gasteiger partial charge in [-0.25, -0.2) is 0 Å². The van der Waals surface area contributed by atoms with E-state index in [1.54, 1.807) is 32.0 Å². The molecule has 1 aliphatic rings. The highest BCUT2D eigenvalue weighted by molar-refractivity contribution is 6.05. The number of nitrogens with zero attached hydrogens (tertiary/aromatic N) is 1. The zero-order valence-corrected chi connectivity index (χ0v) is 17.9. The highest BCUT2D eigenvalue weighted by Crippen LogP contribution is 2.48. The van der Waals surface area contributed by atoms with E-state index in [1.807, 2.05) is 0 Å². The highest BCUT2D eigenvalue weighted by Gasteiger charge is 2.56. The van der Waals surface area contributed by atoms with Crippen LogP contribution >= 0.6 is 0 Å². The van der Waals surface area contributed by atoms with E-state index in [4.69, 9.17) is 18.9 Å². The number of carbonyl (C=O) groups excluding carboxylic acids is 2. The van der Waals surface area contributed by atoms with Crippen molar-refractivity contribution in [2.24, 2.45) is 17.0 Å². The molecular formula is C21H29NO8. The van der Waals surface area contributed by atoms with Gasteiger partial charge in [0, 0.05) is 12.3 Å². The summed E-state index contributed by atoms with van der Waals surface area (Å²) >= 11 is 0. The van der Waals surface area contributed by atoms with E-state index in [0.29, 0.717) is 17.1 Å². The van der Waals surface area contributed by atoms with E-state index in [-0.39, 0.29) is 25.3 Å². The van der Waals surface area contributed by atoms with Gasteiger partial charge in [0.2, 0.25) is 0 Å². The Kier molecular flexibility index (Phi) is 7.66. The second kappa shape index (κ2) is 9.80. The lowest BCUT2D eigenvalue weighted by Crippen LogP contribution is -2.55. The molecule has 1 saturated carbocycles. The number of oxime groups is 1. The minimum absolute atomic E-state index is 0.0267. The molecule has 0 heterocycles. The molecule has 0 spiro atoms. The monoisotopic (exact) mass is 423 g/mol. The molecule has 9 heteroatoms. The summed E-state index contributed by atoms with van der Waals surface area (Å²) in [5.74, 6) is -3.60. The number of methoxy groups -OCH3 is 2. The van der Waals surface area contributed by atoms with E-state index in [0.717, 1.165) is 0 Å². The van der Waals surface area contributed by atoms with Crippen LogP contribution in [0.25, 0.3) is 0 Å². The number of aliphatic hydroxyl groups is 1. The Labute approximate surface area is 175 Å². The minimum atomic E-state index is -1.63. The number of ether oxygens (including phenoxy) is 4. The molecule has 9 nitrogen and oxygen atoms in total. The van der Waals surface area contributed by atoms with Crippen LogP contribution in [0.1, 0.15) is 38.7 Å². The zero-order valence-electron chi connectivity index (χ0n) is 17.9. The smallest absolute Gasteiger partial charge is 0.315 e. The zero-order chi connectivity index (χ0) is 22.5. The lowest BCUT2D eigenvalue weighted by Gasteiger charge is -2.44. The predicted molar refractivity (Wildman–Crippen MR) is 107 cm³/mol. The molecule has 4 atom stereocenters. The number of benzene rings is 1. The standard InChI is InChI=1S/C21H29NO8/c1-6-29-19(23)17-13(22-26)11-21(3,25)18(20(24)30-7-2)16(17)12-8-9-14(27-4)15(10-12)28-5/h8-10,16-18,25-26H,6-7,11H2,1-5H3/b22-13+/t16-,17+,18-,21+/m1/s1. The van der Waals surface area contributed by atoms with E-state index in [1.165, 1.54) is 21.1 Å². The first-order valence-corrected chi connectivity index (χ1v) is 9.74. The first kappa shape index (κ1) is 23.5. The molecule has 0 aliphatic heterocycles. The highest BCUT2D eigenvalue weighted by atomic mass is 16.5. The molecule has 0 bridgehead atoms. The van der Waals surface area contributed by atoms with Gasteiger partial charge in [0.25, 0.3) is 0 Å². The maximum Gasteiger partial charge on any atom is 0.315 e. The average molecular weight is 423 g/mol. The largest absolute Gasteiger partial charge is 0.493 e. The van der Waals surface area contributed by atoms with Crippen LogP contribution in [0.4, 0.5) is 0 Å². The summed E-state index contributed by atoms with van der Waals surface area (Å²) in [5, 5.41) is 24.0. The number of rotatable bonds is 7. The molecule has 1 aromatic rings. The van der Waals surface area contributed by atoms with E-state index in [9.17, 15) is 19.9 Å². The van der Waals surface area contributed by atoms with Gasteiger partial charge in [-0.15, -0.1) is 0 Å². The fourth-order valence-electron chi connectivity index (χ4n) is 4.06. The van der Waals surface area contributed by atoms with Crippen LogP contribution < -0.4 is 9.47 Å². The minimum Gasteiger partial charge on any atom is -0.493 e. The van der Waals surface area contributed by atoms with Crippen molar-refractivity contribution in [1.82, 2.24) is 0 Å². The number of esters is 2. The van der Waals surface area contributed by atoms with Crippen molar-refractivity contribution >= 4 is 17.7 Å². The molecule has 2 rings (SSSR count). The normalized spacial score (nSPS) is 27.4. The van der Waals surface area contributed by atoms with Gasteiger partial charge in [0.15, 0.2) is 11.5 Å². The average Bonchev–Trinajstić information content (AvgIpc) is 2.71. The molecule has 166 valence electrons. The van der Waals surface area contributed by atoms with Gasteiger partial charge < -0.3 is 29.3 Å². The van der Waals surface area contributed by atoms with Crippen molar-refractivity contribution in [2.45, 2.75) is 38.7 Å². The molecular weight excluding hydrogens is 394 g/mol. The van der Waals surface area contributed by atoms with Gasteiger partial charge >= 0.3 is 11.9 Å². The summed E-state index contributed by atoms with van der Waals surface area (Å²) in [5.41, 5.74) is -1.10. The van der Waals surface area contributed by atoms with Crippen molar-refractivity contribution in [3.05, 3.63) is 23.8 Å². The number of hydrogen-bond donors (Lipinski definition) is 2. The predicted octanol–water partition coefficient (Wildman–Crippen LogP) is 2.13. The third-order valence-corrected chi connectivity index (χ3v) is 5.29. The Balaban J connectivity index is 2.73. The van der Waals surface area contributed by atoms with E-state index < -0.39 is 35.3 Å². The first-order chi connectivity index (χ1) is 14.2. The quantitative estimate of drug-likeness (QED) is 0.388. The molecule has 0 radical (unpaired) electrons. The summed E-state index contributed by atoms with van der Waals surface area (Å²) < 4.78 is 21.0. The van der Waals surface area contributed by atoms with E-state index in [2.05, 4.69) is 5.16 Å². The lowest BCUT2D eigenvalue weighted by atomic mass is 9.61. The maximum atomic E-state index is 12.9. The molecule has 0 saturated heterocycles. The molecule has 1 fully saturated rings. The molecule has 30 heavy (non-hydrogen) atoms. The summed E-state index contributed by atoms with van der Waals surface area (Å²) in [7, 11) is 2.95. The fourth-order valence-corrected chi connectivity index (χ4v) is 4.06. The molecule has 0 unspecified atom stereocenters. The van der Waals surface area contributed by atoms with Crippen molar-refractivity contribution in [3.8, 4) is 11.5 Å². The van der Waals surface area contributed by atoms with Crippen LogP contribution in [0.15, 0.2) is 23.4 Å². The van der Waals surface area contributed by atoms with Gasteiger partial charge in [0.05, 0.1) is 44.7 Å². The second-order valence-corrected chi connectivity index (χ2v) is 7.22. The second-order valence-electron chi connectivity index (χ2n) is 7.22. The Morgan fingerprint density at radius 2 is 1.70 bits per heavy atom. The number of hydrogen-bond acceptors (Lipinski definition) is 9. The van der Waals surface area contributed by atoms with E-state index >= 15 is 0 Å². The van der Waals surface area contributed by atoms with Crippen LogP contribution in [0.3, 0.4) is 0 Å². The van der Waals surface area contributed by atoms with Gasteiger partial charge in [-0.3, -0.25) is 9.59 Å². The summed E-state index contributed by atoms with van der Waals surface area (Å²) in [4.78, 5) is 25.8. The van der Waals surface area contributed by atoms with Gasteiger partial charge in [-0.1, -0.05) is 11.2 Å². The molecule has 0 amide bonds. The summed E-state index contributed by atoms with van der Waals surface area (Å²) in [6.07, 6.45) is -0.194. The van der Waals surface area contributed by atoms with Crippen molar-refractivity contribution in [3.63, 3.8) is 0 Å². The Morgan fingerprint density at radius 3 is 2.23 bits per heavy atom. The van der Waals surface area contributed by atoms with Crippen LogP contribution in [-0.2, 0) is 19.1 Å².